The molecular formula is C12H18FNO3S. The van der Waals surface area contributed by atoms with E-state index in [0.717, 1.165) is 12.3 Å². The Labute approximate surface area is 107 Å². The molecule has 0 aromatic heterocycles. The Bertz CT molecular complexity index is 547. The molecule has 0 saturated carbocycles. The number of nitrogens with two attached hydrogens (primary N) is 1. The maximum atomic E-state index is 13.5. The van der Waals surface area contributed by atoms with Gasteiger partial charge in [0.05, 0.1) is 7.11 Å². The number of hydrogen-bond acceptors (Lipinski definition) is 4. The average Bonchev–Trinajstić information content (AvgIpc) is 2.12. The number of ether oxygens (including phenoxy) is 1. The van der Waals surface area contributed by atoms with Gasteiger partial charge in [-0.15, -0.1) is 0 Å². The van der Waals surface area contributed by atoms with Crippen LogP contribution in [0.4, 0.5) is 4.39 Å². The molecule has 0 heterocycles. The van der Waals surface area contributed by atoms with Gasteiger partial charge < -0.3 is 10.5 Å². The second-order valence-corrected chi connectivity index (χ2v) is 7.02. The molecule has 0 bridgehead atoms. The molecule has 0 spiro atoms. The van der Waals surface area contributed by atoms with Crippen molar-refractivity contribution in [2.45, 2.75) is 30.7 Å². The smallest absolute Gasteiger partial charge is 0.179 e. The molecule has 1 aromatic rings. The largest absolute Gasteiger partial charge is 0.495 e. The van der Waals surface area contributed by atoms with E-state index < -0.39 is 21.2 Å². The van der Waals surface area contributed by atoms with E-state index in [4.69, 9.17) is 10.5 Å². The minimum atomic E-state index is -3.55. The lowest BCUT2D eigenvalue weighted by atomic mass is 9.95. The molecule has 0 aliphatic heterocycles. The predicted octanol–water partition coefficient (Wildman–Crippen LogP) is 1.52. The maximum absolute atomic E-state index is 13.5. The van der Waals surface area contributed by atoms with Gasteiger partial charge in [-0.3, -0.25) is 0 Å². The van der Waals surface area contributed by atoms with Crippen LogP contribution in [0.25, 0.3) is 0 Å². The fourth-order valence-corrected chi connectivity index (χ4v) is 2.63. The molecule has 1 rings (SSSR count). The Kier molecular flexibility index (Phi) is 4.02. The zero-order valence-corrected chi connectivity index (χ0v) is 11.8. The zero-order valence-electron chi connectivity index (χ0n) is 11.0. The van der Waals surface area contributed by atoms with Crippen molar-refractivity contribution in [3.63, 3.8) is 0 Å². The number of hydrogen-bond donors (Lipinski definition) is 1. The summed E-state index contributed by atoms with van der Waals surface area (Å²) in [6.45, 7) is 3.55. The monoisotopic (exact) mass is 275 g/mol. The lowest BCUT2D eigenvalue weighted by Gasteiger charge is -2.21. The second-order valence-electron chi connectivity index (χ2n) is 5.03. The predicted molar refractivity (Wildman–Crippen MR) is 68.0 cm³/mol. The molecule has 0 saturated heterocycles. The molecule has 0 aliphatic rings. The summed E-state index contributed by atoms with van der Waals surface area (Å²) in [4.78, 5) is -0.149. The summed E-state index contributed by atoms with van der Waals surface area (Å²) in [7, 11) is -2.20. The topological polar surface area (TPSA) is 69.4 Å². The SMILES string of the molecule is COc1c(CC(C)(C)N)cc(F)cc1S(C)(=O)=O. The van der Waals surface area contributed by atoms with E-state index in [0.29, 0.717) is 12.0 Å². The van der Waals surface area contributed by atoms with Crippen molar-refractivity contribution in [3.05, 3.63) is 23.5 Å². The molecule has 1 aromatic carbocycles. The molecule has 0 aliphatic carbocycles. The highest BCUT2D eigenvalue weighted by Gasteiger charge is 2.22. The first kappa shape index (κ1) is 14.9. The number of rotatable bonds is 4. The standard InChI is InChI=1S/C12H18FNO3S/c1-12(2,14)7-8-5-9(13)6-10(11(8)17-3)18(4,15)16/h5-6H,7,14H2,1-4H3. The van der Waals surface area contributed by atoms with Gasteiger partial charge in [-0.25, -0.2) is 12.8 Å². The van der Waals surface area contributed by atoms with E-state index in [1.54, 1.807) is 13.8 Å². The minimum absolute atomic E-state index is 0.149. The second kappa shape index (κ2) is 4.85. The Morgan fingerprint density at radius 2 is 1.94 bits per heavy atom. The summed E-state index contributed by atoms with van der Waals surface area (Å²) in [6, 6.07) is 2.21. The Hall–Kier alpha value is -1.14. The quantitative estimate of drug-likeness (QED) is 0.904. The molecule has 0 fully saturated rings. The van der Waals surface area contributed by atoms with Gasteiger partial charge >= 0.3 is 0 Å². The van der Waals surface area contributed by atoms with Crippen LogP contribution in [0.2, 0.25) is 0 Å². The Morgan fingerprint density at radius 1 is 1.39 bits per heavy atom. The molecule has 18 heavy (non-hydrogen) atoms. The summed E-state index contributed by atoms with van der Waals surface area (Å²) in [5.74, 6) is -0.451. The molecule has 6 heteroatoms. The minimum Gasteiger partial charge on any atom is -0.495 e. The third kappa shape index (κ3) is 3.68. The number of benzene rings is 1. The Morgan fingerprint density at radius 3 is 2.33 bits per heavy atom. The van der Waals surface area contributed by atoms with Crippen molar-refractivity contribution >= 4 is 9.84 Å². The summed E-state index contributed by atoms with van der Waals surface area (Å²) in [6.07, 6.45) is 1.33. The van der Waals surface area contributed by atoms with Crippen LogP contribution in [0.5, 0.6) is 5.75 Å². The van der Waals surface area contributed by atoms with Crippen molar-refractivity contribution in [2.75, 3.05) is 13.4 Å². The maximum Gasteiger partial charge on any atom is 0.179 e. The first-order valence-electron chi connectivity index (χ1n) is 5.40. The van der Waals surface area contributed by atoms with Gasteiger partial charge in [-0.2, -0.15) is 0 Å². The number of sulfone groups is 1. The van der Waals surface area contributed by atoms with Gasteiger partial charge in [0.1, 0.15) is 16.5 Å². The third-order valence-corrected chi connectivity index (χ3v) is 3.45. The highest BCUT2D eigenvalue weighted by atomic mass is 32.2. The fourth-order valence-electron chi connectivity index (χ4n) is 1.75. The lowest BCUT2D eigenvalue weighted by molar-refractivity contribution is 0.388. The first-order chi connectivity index (χ1) is 8.04. The van der Waals surface area contributed by atoms with Crippen LogP contribution >= 0.6 is 0 Å². The van der Waals surface area contributed by atoms with Crippen LogP contribution in [-0.4, -0.2) is 27.3 Å². The van der Waals surface area contributed by atoms with Crippen molar-refractivity contribution in [1.29, 1.82) is 0 Å². The van der Waals surface area contributed by atoms with Gasteiger partial charge in [0.15, 0.2) is 9.84 Å². The van der Waals surface area contributed by atoms with Crippen LogP contribution in [-0.2, 0) is 16.3 Å². The van der Waals surface area contributed by atoms with Gasteiger partial charge in [-0.1, -0.05) is 0 Å². The van der Waals surface area contributed by atoms with Gasteiger partial charge in [-0.05, 0) is 32.4 Å². The summed E-state index contributed by atoms with van der Waals surface area (Å²) in [5.41, 5.74) is 5.73. The zero-order chi connectivity index (χ0) is 14.1. The summed E-state index contributed by atoms with van der Waals surface area (Å²) < 4.78 is 41.8. The van der Waals surface area contributed by atoms with Crippen LogP contribution in [0.15, 0.2) is 17.0 Å². The highest BCUT2D eigenvalue weighted by molar-refractivity contribution is 7.90. The van der Waals surface area contributed by atoms with Gasteiger partial charge in [0, 0.05) is 17.4 Å². The lowest BCUT2D eigenvalue weighted by Crippen LogP contribution is -2.34. The molecule has 0 amide bonds. The molecule has 0 unspecified atom stereocenters. The fraction of sp³-hybridized carbons (Fsp3) is 0.500. The normalized spacial score (nSPS) is 12.6. The van der Waals surface area contributed by atoms with E-state index in [1.807, 2.05) is 0 Å². The first-order valence-corrected chi connectivity index (χ1v) is 7.29. The van der Waals surface area contributed by atoms with Crippen LogP contribution in [0.1, 0.15) is 19.4 Å². The van der Waals surface area contributed by atoms with Crippen LogP contribution in [0, 0.1) is 5.82 Å². The highest BCUT2D eigenvalue weighted by Crippen LogP contribution is 2.31. The van der Waals surface area contributed by atoms with E-state index in [-0.39, 0.29) is 10.6 Å². The molecule has 0 atom stereocenters. The van der Waals surface area contributed by atoms with Crippen molar-refractivity contribution in [1.82, 2.24) is 0 Å². The molecular weight excluding hydrogens is 257 g/mol. The third-order valence-electron chi connectivity index (χ3n) is 2.35. The van der Waals surface area contributed by atoms with Gasteiger partial charge in [0.25, 0.3) is 0 Å². The molecule has 4 nitrogen and oxygen atoms in total. The summed E-state index contributed by atoms with van der Waals surface area (Å²) >= 11 is 0. The van der Waals surface area contributed by atoms with Crippen LogP contribution < -0.4 is 10.5 Å². The molecule has 0 radical (unpaired) electrons. The van der Waals surface area contributed by atoms with E-state index in [2.05, 4.69) is 0 Å². The summed E-state index contributed by atoms with van der Waals surface area (Å²) in [5, 5.41) is 0. The molecule has 2 N–H and O–H groups in total. The van der Waals surface area contributed by atoms with E-state index in [9.17, 15) is 12.8 Å². The Balaban J connectivity index is 3.48. The van der Waals surface area contributed by atoms with Crippen molar-refractivity contribution in [2.24, 2.45) is 5.73 Å². The number of halogens is 1. The van der Waals surface area contributed by atoms with Crippen molar-refractivity contribution < 1.29 is 17.5 Å². The van der Waals surface area contributed by atoms with E-state index in [1.165, 1.54) is 13.2 Å². The van der Waals surface area contributed by atoms with Crippen molar-refractivity contribution in [3.8, 4) is 5.75 Å². The van der Waals surface area contributed by atoms with Gasteiger partial charge in [0.2, 0.25) is 0 Å². The van der Waals surface area contributed by atoms with Crippen LogP contribution in [0.3, 0.4) is 0 Å². The number of methoxy groups -OCH3 is 1. The van der Waals surface area contributed by atoms with E-state index >= 15 is 0 Å². The molecule has 102 valence electrons. The average molecular weight is 275 g/mol.